The zero-order chi connectivity index (χ0) is 26.2. The molecule has 0 radical (unpaired) electrons. The molecule has 2 aromatic heterocycles. The average molecular weight is 518 g/mol. The zero-order valence-electron chi connectivity index (χ0n) is 21.7. The number of aryl methyl sites for hydroxylation is 2. The van der Waals surface area contributed by atoms with E-state index < -0.39 is 6.04 Å². The summed E-state index contributed by atoms with van der Waals surface area (Å²) < 4.78 is 22.1. The third kappa shape index (κ3) is 4.58. The molecule has 0 unspecified atom stereocenters. The second kappa shape index (κ2) is 10.3. The van der Waals surface area contributed by atoms with Crippen LogP contribution in [0.4, 0.5) is 10.1 Å². The lowest BCUT2D eigenvalue weighted by atomic mass is 9.99. The topological polar surface area (TPSA) is 92.2 Å². The van der Waals surface area contributed by atoms with Crippen molar-refractivity contribution in [2.75, 3.05) is 37.7 Å². The van der Waals surface area contributed by atoms with Crippen molar-refractivity contribution in [1.29, 1.82) is 0 Å². The molecule has 0 saturated carbocycles. The molecule has 4 heterocycles. The van der Waals surface area contributed by atoms with Gasteiger partial charge in [-0.05, 0) is 66.4 Å². The molecule has 0 amide bonds. The van der Waals surface area contributed by atoms with Gasteiger partial charge in [-0.3, -0.25) is 9.69 Å². The van der Waals surface area contributed by atoms with E-state index in [9.17, 15) is 9.18 Å². The Morgan fingerprint density at radius 3 is 2.66 bits per heavy atom. The summed E-state index contributed by atoms with van der Waals surface area (Å²) in [4.78, 5) is 21.0. The van der Waals surface area contributed by atoms with E-state index in [4.69, 9.17) is 4.74 Å². The van der Waals surface area contributed by atoms with Gasteiger partial charge in [0.25, 0.3) is 5.56 Å². The van der Waals surface area contributed by atoms with Crippen molar-refractivity contribution in [2.45, 2.75) is 45.4 Å². The molecule has 10 heteroatoms. The van der Waals surface area contributed by atoms with E-state index in [1.165, 1.54) is 6.07 Å². The highest BCUT2D eigenvalue weighted by Crippen LogP contribution is 2.31. The number of ether oxygens (including phenoxy) is 1. The van der Waals surface area contributed by atoms with Crippen LogP contribution < -0.4 is 10.5 Å². The molecule has 2 aromatic carbocycles. The number of para-hydroxylation sites is 1. The lowest BCUT2D eigenvalue weighted by Gasteiger charge is -2.39. The third-order valence-electron chi connectivity index (χ3n) is 7.84. The van der Waals surface area contributed by atoms with Gasteiger partial charge >= 0.3 is 0 Å². The standard InChI is InChI=1S/C28H32FN7O2/c1-18-9-10-19(2)25-21(18)16-22(28(37)30-25)26(27-31-32-33-36(27)17-20-6-5-15-38-20)35-13-11-34(12-14-35)24-8-4-3-7-23(24)29/h3-4,7-10,16,20,26H,5-6,11-15,17H2,1-2H3,(H,30,37)/t20-,26+/m1/s1. The maximum atomic E-state index is 14.5. The van der Waals surface area contributed by atoms with Gasteiger partial charge in [-0.2, -0.15) is 0 Å². The molecule has 0 aliphatic carbocycles. The largest absolute Gasteiger partial charge is 0.376 e. The Hall–Kier alpha value is -3.63. The number of piperazine rings is 1. The molecule has 4 aromatic rings. The van der Waals surface area contributed by atoms with E-state index >= 15 is 0 Å². The van der Waals surface area contributed by atoms with Crippen LogP contribution in [0.3, 0.4) is 0 Å². The van der Waals surface area contributed by atoms with Crippen molar-refractivity contribution in [3.8, 4) is 0 Å². The number of aromatic nitrogens is 5. The number of rotatable bonds is 6. The van der Waals surface area contributed by atoms with Crippen molar-refractivity contribution in [3.05, 3.63) is 81.2 Å². The summed E-state index contributed by atoms with van der Waals surface area (Å²) in [6.45, 7) is 7.81. The number of hydrogen-bond donors (Lipinski definition) is 1. The fourth-order valence-electron chi connectivity index (χ4n) is 5.74. The van der Waals surface area contributed by atoms with Crippen LogP contribution in [0.2, 0.25) is 0 Å². The fourth-order valence-corrected chi connectivity index (χ4v) is 5.74. The first-order valence-corrected chi connectivity index (χ1v) is 13.2. The van der Waals surface area contributed by atoms with E-state index in [0.717, 1.165) is 41.5 Å². The normalized spacial score (nSPS) is 19.3. The van der Waals surface area contributed by atoms with Crippen molar-refractivity contribution >= 4 is 16.6 Å². The van der Waals surface area contributed by atoms with Crippen molar-refractivity contribution in [3.63, 3.8) is 0 Å². The van der Waals surface area contributed by atoms with E-state index in [1.54, 1.807) is 10.7 Å². The maximum absolute atomic E-state index is 14.5. The van der Waals surface area contributed by atoms with Crippen LogP contribution in [0.1, 0.15) is 41.4 Å². The number of anilines is 1. The molecular weight excluding hydrogens is 485 g/mol. The minimum atomic E-state index is -0.456. The molecular formula is C28H32FN7O2. The van der Waals surface area contributed by atoms with Gasteiger partial charge in [-0.15, -0.1) is 5.10 Å². The minimum absolute atomic E-state index is 0.0515. The predicted molar refractivity (Wildman–Crippen MR) is 143 cm³/mol. The van der Waals surface area contributed by atoms with E-state index in [1.807, 2.05) is 38.1 Å². The highest BCUT2D eigenvalue weighted by Gasteiger charge is 2.34. The second-order valence-corrected chi connectivity index (χ2v) is 10.3. The molecule has 2 aliphatic rings. The monoisotopic (exact) mass is 517 g/mol. The highest BCUT2D eigenvalue weighted by molar-refractivity contribution is 5.85. The van der Waals surface area contributed by atoms with Crippen molar-refractivity contribution in [2.24, 2.45) is 0 Å². The first-order chi connectivity index (χ1) is 18.5. The Labute approximate surface area is 220 Å². The summed E-state index contributed by atoms with van der Waals surface area (Å²) in [7, 11) is 0. The first kappa shape index (κ1) is 24.7. The van der Waals surface area contributed by atoms with Gasteiger partial charge < -0.3 is 14.6 Å². The van der Waals surface area contributed by atoms with Crippen LogP contribution in [-0.2, 0) is 11.3 Å². The lowest BCUT2D eigenvalue weighted by Crippen LogP contribution is -2.49. The van der Waals surface area contributed by atoms with E-state index in [-0.39, 0.29) is 17.5 Å². The molecule has 198 valence electrons. The Morgan fingerprint density at radius 2 is 1.89 bits per heavy atom. The average Bonchev–Trinajstić information content (AvgIpc) is 3.61. The number of aromatic amines is 1. The number of tetrazole rings is 1. The highest BCUT2D eigenvalue weighted by atomic mass is 19.1. The number of pyridine rings is 1. The van der Waals surface area contributed by atoms with Gasteiger partial charge in [0.05, 0.1) is 23.9 Å². The van der Waals surface area contributed by atoms with Crippen LogP contribution >= 0.6 is 0 Å². The molecule has 2 fully saturated rings. The Bertz CT molecular complexity index is 1500. The number of H-pyrrole nitrogens is 1. The quantitative estimate of drug-likeness (QED) is 0.419. The summed E-state index contributed by atoms with van der Waals surface area (Å²) in [6, 6.07) is 12.5. The number of halogens is 1. The van der Waals surface area contributed by atoms with Gasteiger partial charge in [0, 0.05) is 43.7 Å². The molecule has 6 rings (SSSR count). The number of nitrogens with zero attached hydrogens (tertiary/aromatic N) is 6. The number of benzene rings is 2. The number of hydrogen-bond acceptors (Lipinski definition) is 7. The molecule has 2 saturated heterocycles. The Kier molecular flexibility index (Phi) is 6.67. The molecule has 0 spiro atoms. The molecule has 0 bridgehead atoms. The minimum Gasteiger partial charge on any atom is -0.376 e. The molecule has 2 atom stereocenters. The van der Waals surface area contributed by atoms with Crippen LogP contribution in [-0.4, -0.2) is 69.0 Å². The molecule has 9 nitrogen and oxygen atoms in total. The van der Waals surface area contributed by atoms with Crippen molar-refractivity contribution < 1.29 is 9.13 Å². The molecule has 1 N–H and O–H groups in total. The van der Waals surface area contributed by atoms with E-state index in [0.29, 0.717) is 49.8 Å². The number of nitrogens with one attached hydrogen (secondary N) is 1. The SMILES string of the molecule is Cc1ccc(C)c2[nH]c(=O)c([C@@H](c3nnnn3C[C@H]3CCCO3)N3CCN(c4ccccc4F)CC3)cc12. The second-order valence-electron chi connectivity index (χ2n) is 10.3. The molecule has 2 aliphatic heterocycles. The predicted octanol–water partition coefficient (Wildman–Crippen LogP) is 3.36. The van der Waals surface area contributed by atoms with Crippen LogP contribution in [0, 0.1) is 19.7 Å². The smallest absolute Gasteiger partial charge is 0.253 e. The zero-order valence-corrected chi connectivity index (χ0v) is 21.7. The van der Waals surface area contributed by atoms with Crippen molar-refractivity contribution in [1.82, 2.24) is 30.1 Å². The van der Waals surface area contributed by atoms with E-state index in [2.05, 4.69) is 36.4 Å². The number of fused-ring (bicyclic) bond motifs is 1. The Morgan fingerprint density at radius 1 is 1.11 bits per heavy atom. The summed E-state index contributed by atoms with van der Waals surface area (Å²) in [5, 5.41) is 13.8. The fraction of sp³-hybridized carbons (Fsp3) is 0.429. The van der Waals surface area contributed by atoms with Gasteiger partial charge in [0.1, 0.15) is 11.9 Å². The van der Waals surface area contributed by atoms with Gasteiger partial charge in [-0.25, -0.2) is 9.07 Å². The Balaban J connectivity index is 1.39. The summed E-state index contributed by atoms with van der Waals surface area (Å²) in [5.74, 6) is 0.393. The summed E-state index contributed by atoms with van der Waals surface area (Å²) in [6.07, 6.45) is 2.03. The van der Waals surface area contributed by atoms with Gasteiger partial charge in [0.2, 0.25) is 0 Å². The van der Waals surface area contributed by atoms with Gasteiger partial charge in [-0.1, -0.05) is 24.3 Å². The third-order valence-corrected chi connectivity index (χ3v) is 7.84. The van der Waals surface area contributed by atoms with Gasteiger partial charge in [0.15, 0.2) is 5.82 Å². The summed E-state index contributed by atoms with van der Waals surface area (Å²) >= 11 is 0. The maximum Gasteiger partial charge on any atom is 0.253 e. The summed E-state index contributed by atoms with van der Waals surface area (Å²) in [5.41, 5.74) is 4.01. The lowest BCUT2D eigenvalue weighted by molar-refractivity contribution is 0.0906. The van der Waals surface area contributed by atoms with Crippen LogP contribution in [0.15, 0.2) is 47.3 Å². The van der Waals surface area contributed by atoms with Crippen LogP contribution in [0.5, 0.6) is 0 Å². The first-order valence-electron chi connectivity index (χ1n) is 13.2. The molecule has 38 heavy (non-hydrogen) atoms. The van der Waals surface area contributed by atoms with Crippen LogP contribution in [0.25, 0.3) is 10.9 Å².